The summed E-state index contributed by atoms with van der Waals surface area (Å²) < 4.78 is 42.6. The average Bonchev–Trinajstić information content (AvgIpc) is 2.94. The fourth-order valence-electron chi connectivity index (χ4n) is 4.46. The van der Waals surface area contributed by atoms with Gasteiger partial charge in [0, 0.05) is 60.8 Å². The molecule has 2 N–H and O–H groups in total. The first kappa shape index (κ1) is 34.1. The Bertz CT molecular complexity index is 1570. The smallest absolute Gasteiger partial charge is 0.264 e. The minimum atomic E-state index is -4.16. The van der Waals surface area contributed by atoms with Crippen LogP contribution in [0.3, 0.4) is 0 Å². The van der Waals surface area contributed by atoms with Gasteiger partial charge in [-0.15, -0.1) is 0 Å². The Labute approximate surface area is 262 Å². The molecule has 8 nitrogen and oxygen atoms in total. The molecule has 0 aliphatic heterocycles. The number of benzene rings is 3. The molecule has 1 unspecified atom stereocenters. The number of carbonyl (C=O) groups is 3. The van der Waals surface area contributed by atoms with Crippen LogP contribution >= 0.6 is 24.2 Å². The van der Waals surface area contributed by atoms with Crippen LogP contribution in [-0.4, -0.2) is 49.4 Å². The number of rotatable bonds is 14. The summed E-state index contributed by atoms with van der Waals surface area (Å²) in [5.74, 6) is -1.85. The number of thiol groups is 1. The van der Waals surface area contributed by atoms with Crippen LogP contribution in [0.4, 0.5) is 4.39 Å². The molecule has 0 aliphatic rings. The Kier molecular flexibility index (Phi) is 12.6. The van der Waals surface area contributed by atoms with Gasteiger partial charge in [-0.25, -0.2) is 17.5 Å². The largest absolute Gasteiger partial charge is 0.355 e. The first-order valence-electron chi connectivity index (χ1n) is 13.8. The van der Waals surface area contributed by atoms with Gasteiger partial charge in [-0.3, -0.25) is 14.4 Å². The second-order valence-electron chi connectivity index (χ2n) is 10.1. The van der Waals surface area contributed by atoms with Gasteiger partial charge in [0.05, 0.1) is 4.90 Å². The van der Waals surface area contributed by atoms with Gasteiger partial charge in [0.15, 0.2) is 0 Å². The summed E-state index contributed by atoms with van der Waals surface area (Å²) in [6, 6.07) is 17.6. The molecule has 0 aliphatic carbocycles. The number of halogens is 2. The van der Waals surface area contributed by atoms with Crippen molar-refractivity contribution in [3.05, 3.63) is 88.7 Å². The van der Waals surface area contributed by atoms with Crippen molar-refractivity contribution in [2.45, 2.75) is 56.2 Å². The maximum Gasteiger partial charge on any atom is 0.264 e. The topological polar surface area (TPSA) is 113 Å². The van der Waals surface area contributed by atoms with Crippen molar-refractivity contribution in [2.75, 3.05) is 13.1 Å². The summed E-state index contributed by atoms with van der Waals surface area (Å²) in [6.07, 6.45) is 1.48. The number of nitrogens with zero attached hydrogens (tertiary/aromatic N) is 1. The van der Waals surface area contributed by atoms with Gasteiger partial charge in [-0.1, -0.05) is 61.0 Å². The molecule has 3 rings (SSSR count). The Morgan fingerprint density at radius 2 is 1.77 bits per heavy atom. The second-order valence-corrected chi connectivity index (χ2v) is 12.9. The van der Waals surface area contributed by atoms with Gasteiger partial charge < -0.3 is 10.2 Å². The molecule has 3 amide bonds. The highest BCUT2D eigenvalue weighted by Gasteiger charge is 2.22. The van der Waals surface area contributed by atoms with Crippen molar-refractivity contribution in [1.29, 1.82) is 0 Å². The lowest BCUT2D eigenvalue weighted by atomic mass is 10.0. The third kappa shape index (κ3) is 10.4. The number of nitrogens with one attached hydrogen (secondary N) is 2. The molecular weight excluding hydrogens is 613 g/mol. The van der Waals surface area contributed by atoms with Crippen LogP contribution in [-0.2, 0) is 37.4 Å². The summed E-state index contributed by atoms with van der Waals surface area (Å²) >= 11 is 10.6. The maximum atomic E-state index is 15.3. The predicted molar refractivity (Wildman–Crippen MR) is 169 cm³/mol. The molecule has 0 aromatic heterocycles. The molecular formula is C31H35ClFN3O5S2. The lowest BCUT2D eigenvalue weighted by Gasteiger charge is -2.23. The zero-order chi connectivity index (χ0) is 31.6. The van der Waals surface area contributed by atoms with Gasteiger partial charge in [0.1, 0.15) is 5.82 Å². The van der Waals surface area contributed by atoms with E-state index in [9.17, 15) is 22.8 Å². The lowest BCUT2D eigenvalue weighted by Crippen LogP contribution is -2.36. The van der Waals surface area contributed by atoms with Crippen molar-refractivity contribution in [2.24, 2.45) is 0 Å². The lowest BCUT2D eigenvalue weighted by molar-refractivity contribution is -0.132. The Balaban J connectivity index is 1.68. The first-order chi connectivity index (χ1) is 20.4. The van der Waals surface area contributed by atoms with Crippen LogP contribution < -0.4 is 10.0 Å². The van der Waals surface area contributed by atoms with E-state index in [0.717, 1.165) is 12.5 Å². The molecule has 0 heterocycles. The number of hydrogen-bond acceptors (Lipinski definition) is 6. The van der Waals surface area contributed by atoms with Crippen molar-refractivity contribution in [3.8, 4) is 11.1 Å². The SMILES string of the molecule is CCCC(=O)N(CCC(=O)NCC(S)Cc1cccc(Cl)c1)Cc1ccc(-c2ccccc2S(=O)(=O)NC(C)=O)cc1F. The van der Waals surface area contributed by atoms with Crippen LogP contribution in [0.2, 0.25) is 5.02 Å². The summed E-state index contributed by atoms with van der Waals surface area (Å²) in [4.78, 5) is 38.1. The molecule has 1 atom stereocenters. The van der Waals surface area contributed by atoms with Crippen LogP contribution in [0.1, 0.15) is 44.2 Å². The van der Waals surface area contributed by atoms with Crippen molar-refractivity contribution in [3.63, 3.8) is 0 Å². The first-order valence-corrected chi connectivity index (χ1v) is 16.2. The molecule has 43 heavy (non-hydrogen) atoms. The van der Waals surface area contributed by atoms with Crippen LogP contribution in [0.15, 0.2) is 71.6 Å². The Hall–Kier alpha value is -3.41. The molecule has 0 saturated heterocycles. The van der Waals surface area contributed by atoms with E-state index in [1.807, 2.05) is 29.8 Å². The molecule has 0 radical (unpaired) electrons. The van der Waals surface area contributed by atoms with Crippen LogP contribution in [0.5, 0.6) is 0 Å². The third-order valence-electron chi connectivity index (χ3n) is 6.50. The van der Waals surface area contributed by atoms with E-state index in [0.29, 0.717) is 24.4 Å². The molecule has 3 aromatic carbocycles. The van der Waals surface area contributed by atoms with Crippen molar-refractivity contribution in [1.82, 2.24) is 14.9 Å². The van der Waals surface area contributed by atoms with Crippen LogP contribution in [0.25, 0.3) is 11.1 Å². The fraction of sp³-hybridized carbons (Fsp3) is 0.323. The van der Waals surface area contributed by atoms with E-state index in [1.165, 1.54) is 35.2 Å². The molecule has 12 heteroatoms. The minimum Gasteiger partial charge on any atom is -0.355 e. The van der Waals surface area contributed by atoms with Crippen LogP contribution in [0, 0.1) is 5.82 Å². The zero-order valence-corrected chi connectivity index (χ0v) is 26.4. The molecule has 0 saturated carbocycles. The highest BCUT2D eigenvalue weighted by molar-refractivity contribution is 7.90. The molecule has 0 spiro atoms. The van der Waals surface area contributed by atoms with E-state index >= 15 is 4.39 Å². The summed E-state index contributed by atoms with van der Waals surface area (Å²) in [6.45, 7) is 3.30. The summed E-state index contributed by atoms with van der Waals surface area (Å²) in [5.41, 5.74) is 1.72. The van der Waals surface area contributed by atoms with Crippen molar-refractivity contribution >= 4 is 52.0 Å². The van der Waals surface area contributed by atoms with Gasteiger partial charge >= 0.3 is 0 Å². The quantitative estimate of drug-likeness (QED) is 0.210. The summed E-state index contributed by atoms with van der Waals surface area (Å²) in [7, 11) is -4.16. The normalized spacial score (nSPS) is 11.9. The standard InChI is InChI=1S/C31H35ClFN3O5S2/c1-3-7-31(39)36(15-14-30(38)34-19-26(42)17-22-8-6-9-25(32)16-22)20-24-13-12-23(18-28(24)33)27-10-4-5-11-29(27)43(40,41)35-21(2)37/h4-6,8-13,16,18,26,42H,3,7,14-15,17,19-20H2,1-2H3,(H,34,38)(H,35,37). The second kappa shape index (κ2) is 15.9. The van der Waals surface area contributed by atoms with E-state index in [-0.39, 0.29) is 64.6 Å². The van der Waals surface area contributed by atoms with Gasteiger partial charge in [0.25, 0.3) is 10.0 Å². The fourth-order valence-corrected chi connectivity index (χ4v) is 6.20. The predicted octanol–water partition coefficient (Wildman–Crippen LogP) is 5.15. The third-order valence-corrected chi connectivity index (χ3v) is 8.59. The number of hydrogen-bond donors (Lipinski definition) is 3. The number of amides is 3. The maximum absolute atomic E-state index is 15.3. The van der Waals surface area contributed by atoms with Gasteiger partial charge in [-0.05, 0) is 48.2 Å². The monoisotopic (exact) mass is 647 g/mol. The molecule has 230 valence electrons. The Morgan fingerprint density at radius 1 is 1.02 bits per heavy atom. The molecule has 0 bridgehead atoms. The van der Waals surface area contributed by atoms with E-state index in [2.05, 4.69) is 17.9 Å². The Morgan fingerprint density at radius 3 is 2.44 bits per heavy atom. The van der Waals surface area contributed by atoms with Crippen molar-refractivity contribution < 1.29 is 27.2 Å². The van der Waals surface area contributed by atoms with Gasteiger partial charge in [0.2, 0.25) is 17.7 Å². The van der Waals surface area contributed by atoms with E-state index in [1.54, 1.807) is 18.2 Å². The molecule has 3 aromatic rings. The number of sulfonamides is 1. The zero-order valence-electron chi connectivity index (χ0n) is 24.0. The number of carbonyl (C=O) groups excluding carboxylic acids is 3. The highest BCUT2D eigenvalue weighted by Crippen LogP contribution is 2.29. The van der Waals surface area contributed by atoms with E-state index < -0.39 is 21.7 Å². The highest BCUT2D eigenvalue weighted by atomic mass is 35.5. The minimum absolute atomic E-state index is 0.0290. The summed E-state index contributed by atoms with van der Waals surface area (Å²) in [5, 5.41) is 3.33. The average molecular weight is 648 g/mol. The van der Waals surface area contributed by atoms with Gasteiger partial charge in [-0.2, -0.15) is 12.6 Å². The van der Waals surface area contributed by atoms with E-state index in [4.69, 9.17) is 11.6 Å². The molecule has 0 fully saturated rings.